The number of aliphatic carboxylic acids is 1. The van der Waals surface area contributed by atoms with Crippen molar-refractivity contribution in [2.45, 2.75) is 6.42 Å². The van der Waals surface area contributed by atoms with Gasteiger partial charge in [0.05, 0.1) is 18.9 Å². The van der Waals surface area contributed by atoms with Crippen molar-refractivity contribution in [2.75, 3.05) is 5.32 Å². The summed E-state index contributed by atoms with van der Waals surface area (Å²) in [4.78, 5) is 24.7. The fourth-order valence-electron chi connectivity index (χ4n) is 3.04. The number of amides is 1. The SMILES string of the molecule is Cn1nnc(NC(=O)C2C3C=CC(C3)C2C(=O)O)n1. The molecule has 1 heterocycles. The van der Waals surface area contributed by atoms with E-state index < -0.39 is 17.8 Å². The molecular formula is C11H13N5O3. The lowest BCUT2D eigenvalue weighted by molar-refractivity contribution is -0.146. The highest BCUT2D eigenvalue weighted by molar-refractivity contribution is 5.95. The maximum atomic E-state index is 12.2. The third-order valence-corrected chi connectivity index (χ3v) is 3.79. The maximum absolute atomic E-state index is 12.2. The number of carbonyl (C=O) groups excluding carboxylic acids is 1. The molecule has 0 aliphatic heterocycles. The van der Waals surface area contributed by atoms with Crippen LogP contribution in [0.5, 0.6) is 0 Å². The normalized spacial score (nSPS) is 31.6. The van der Waals surface area contributed by atoms with Crippen LogP contribution in [0.4, 0.5) is 5.95 Å². The van der Waals surface area contributed by atoms with E-state index in [1.54, 1.807) is 7.05 Å². The summed E-state index contributed by atoms with van der Waals surface area (Å²) in [6.45, 7) is 0. The van der Waals surface area contributed by atoms with Crippen molar-refractivity contribution >= 4 is 17.8 Å². The number of fused-ring (bicyclic) bond motifs is 2. The predicted molar refractivity (Wildman–Crippen MR) is 62.8 cm³/mol. The number of tetrazole rings is 1. The summed E-state index contributed by atoms with van der Waals surface area (Å²) in [5.41, 5.74) is 0. The van der Waals surface area contributed by atoms with Gasteiger partial charge in [0.1, 0.15) is 0 Å². The van der Waals surface area contributed by atoms with Crippen molar-refractivity contribution < 1.29 is 14.7 Å². The van der Waals surface area contributed by atoms with Crippen LogP contribution >= 0.6 is 0 Å². The average molecular weight is 263 g/mol. The Balaban J connectivity index is 1.79. The van der Waals surface area contributed by atoms with Crippen LogP contribution < -0.4 is 5.32 Å². The Morgan fingerprint density at radius 1 is 1.37 bits per heavy atom. The van der Waals surface area contributed by atoms with Gasteiger partial charge in [-0.1, -0.05) is 17.3 Å². The van der Waals surface area contributed by atoms with Crippen LogP contribution in [0.1, 0.15) is 6.42 Å². The van der Waals surface area contributed by atoms with E-state index in [4.69, 9.17) is 0 Å². The van der Waals surface area contributed by atoms with E-state index in [0.29, 0.717) is 0 Å². The Morgan fingerprint density at radius 3 is 2.63 bits per heavy atom. The molecule has 1 aromatic heterocycles. The van der Waals surface area contributed by atoms with Gasteiger partial charge in [0.15, 0.2) is 0 Å². The molecule has 2 N–H and O–H groups in total. The molecule has 4 unspecified atom stereocenters. The number of hydrogen-bond donors (Lipinski definition) is 2. The molecule has 100 valence electrons. The van der Waals surface area contributed by atoms with Crippen LogP contribution in [0.15, 0.2) is 12.2 Å². The fraction of sp³-hybridized carbons (Fsp3) is 0.545. The van der Waals surface area contributed by atoms with Gasteiger partial charge in [0.2, 0.25) is 5.91 Å². The van der Waals surface area contributed by atoms with E-state index in [-0.39, 0.29) is 23.7 Å². The molecule has 3 rings (SSSR count). The van der Waals surface area contributed by atoms with E-state index in [9.17, 15) is 14.7 Å². The summed E-state index contributed by atoms with van der Waals surface area (Å²) in [7, 11) is 1.59. The van der Waals surface area contributed by atoms with Gasteiger partial charge in [-0.2, -0.15) is 4.80 Å². The van der Waals surface area contributed by atoms with Crippen molar-refractivity contribution in [2.24, 2.45) is 30.7 Å². The fourth-order valence-corrected chi connectivity index (χ4v) is 3.04. The summed E-state index contributed by atoms with van der Waals surface area (Å²) in [6.07, 6.45) is 4.55. The third kappa shape index (κ3) is 1.88. The molecule has 8 heteroatoms. The molecule has 1 amide bonds. The second-order valence-corrected chi connectivity index (χ2v) is 4.93. The van der Waals surface area contributed by atoms with Gasteiger partial charge < -0.3 is 5.11 Å². The summed E-state index contributed by atoms with van der Waals surface area (Å²) < 4.78 is 0. The molecule has 2 bridgehead atoms. The minimum Gasteiger partial charge on any atom is -0.481 e. The predicted octanol–water partition coefficient (Wildman–Crippen LogP) is -0.329. The number of carbonyl (C=O) groups is 2. The Hall–Kier alpha value is -2.25. The molecule has 19 heavy (non-hydrogen) atoms. The minimum atomic E-state index is -0.927. The molecule has 1 fully saturated rings. The molecular weight excluding hydrogens is 250 g/mol. The van der Waals surface area contributed by atoms with E-state index >= 15 is 0 Å². The highest BCUT2D eigenvalue weighted by atomic mass is 16.4. The first kappa shape index (κ1) is 11.8. The third-order valence-electron chi connectivity index (χ3n) is 3.79. The van der Waals surface area contributed by atoms with Gasteiger partial charge in [0.25, 0.3) is 5.95 Å². The number of allylic oxidation sites excluding steroid dienone is 2. The van der Waals surface area contributed by atoms with Crippen LogP contribution in [0.3, 0.4) is 0 Å². The molecule has 2 aliphatic carbocycles. The molecule has 0 aromatic carbocycles. The van der Waals surface area contributed by atoms with Gasteiger partial charge in [-0.3, -0.25) is 14.9 Å². The first-order valence-electron chi connectivity index (χ1n) is 6.02. The lowest BCUT2D eigenvalue weighted by Crippen LogP contribution is -2.36. The van der Waals surface area contributed by atoms with Gasteiger partial charge in [-0.05, 0) is 23.5 Å². The molecule has 0 radical (unpaired) electrons. The van der Waals surface area contributed by atoms with Crippen molar-refractivity contribution in [3.8, 4) is 0 Å². The van der Waals surface area contributed by atoms with Crippen LogP contribution in [-0.2, 0) is 16.6 Å². The molecule has 0 spiro atoms. The summed E-state index contributed by atoms with van der Waals surface area (Å²) in [5, 5.41) is 22.9. The number of hydrogen-bond acceptors (Lipinski definition) is 5. The smallest absolute Gasteiger partial charge is 0.307 e. The van der Waals surface area contributed by atoms with Gasteiger partial charge in [-0.25, -0.2) is 0 Å². The van der Waals surface area contributed by atoms with Crippen LogP contribution in [0, 0.1) is 23.7 Å². The Morgan fingerprint density at radius 2 is 2.05 bits per heavy atom. The first-order chi connectivity index (χ1) is 9.06. The number of carboxylic acid groups (broad SMARTS) is 1. The Labute approximate surface area is 108 Å². The molecule has 0 saturated heterocycles. The van der Waals surface area contributed by atoms with Crippen molar-refractivity contribution in [3.05, 3.63) is 12.2 Å². The van der Waals surface area contributed by atoms with Crippen molar-refractivity contribution in [1.82, 2.24) is 20.2 Å². The summed E-state index contributed by atoms with van der Waals surface area (Å²) in [5.74, 6) is -2.46. The van der Waals surface area contributed by atoms with E-state index in [1.807, 2.05) is 12.2 Å². The minimum absolute atomic E-state index is 0.0113. The highest BCUT2D eigenvalue weighted by Gasteiger charge is 2.51. The summed E-state index contributed by atoms with van der Waals surface area (Å²) >= 11 is 0. The van der Waals surface area contributed by atoms with Gasteiger partial charge >= 0.3 is 5.97 Å². The van der Waals surface area contributed by atoms with Crippen LogP contribution in [0.2, 0.25) is 0 Å². The Bertz CT molecular complexity index is 566. The largest absolute Gasteiger partial charge is 0.481 e. The van der Waals surface area contributed by atoms with Gasteiger partial charge in [0, 0.05) is 0 Å². The van der Waals surface area contributed by atoms with Crippen LogP contribution in [0.25, 0.3) is 0 Å². The molecule has 1 aromatic rings. The zero-order chi connectivity index (χ0) is 13.6. The van der Waals surface area contributed by atoms with Crippen molar-refractivity contribution in [3.63, 3.8) is 0 Å². The maximum Gasteiger partial charge on any atom is 0.307 e. The number of rotatable bonds is 3. The quantitative estimate of drug-likeness (QED) is 0.723. The number of nitrogens with one attached hydrogen (secondary N) is 1. The molecule has 2 aliphatic rings. The number of carboxylic acids is 1. The molecule has 1 saturated carbocycles. The second kappa shape index (κ2) is 4.15. The number of aromatic nitrogens is 4. The number of aryl methyl sites for hydroxylation is 1. The van der Waals surface area contributed by atoms with E-state index in [1.165, 1.54) is 4.80 Å². The lowest BCUT2D eigenvalue weighted by Gasteiger charge is -2.22. The zero-order valence-electron chi connectivity index (χ0n) is 10.2. The number of nitrogens with zero attached hydrogens (tertiary/aromatic N) is 4. The molecule has 4 atom stereocenters. The van der Waals surface area contributed by atoms with E-state index in [0.717, 1.165) is 6.42 Å². The monoisotopic (exact) mass is 263 g/mol. The first-order valence-corrected chi connectivity index (χ1v) is 6.02. The lowest BCUT2D eigenvalue weighted by atomic mass is 9.82. The van der Waals surface area contributed by atoms with Crippen molar-refractivity contribution in [1.29, 1.82) is 0 Å². The Kier molecular flexibility index (Phi) is 2.58. The zero-order valence-corrected chi connectivity index (χ0v) is 10.2. The second-order valence-electron chi connectivity index (χ2n) is 4.93. The number of anilines is 1. The van der Waals surface area contributed by atoms with Gasteiger partial charge in [-0.15, -0.1) is 5.10 Å². The summed E-state index contributed by atoms with van der Waals surface area (Å²) in [6, 6.07) is 0. The molecule has 8 nitrogen and oxygen atoms in total. The average Bonchev–Trinajstić information content (AvgIpc) is 3.03. The van der Waals surface area contributed by atoms with E-state index in [2.05, 4.69) is 20.7 Å². The highest BCUT2D eigenvalue weighted by Crippen LogP contribution is 2.48. The topological polar surface area (TPSA) is 110 Å². The standard InChI is InChI=1S/C11H13N5O3/c1-16-14-11(13-15-16)12-9(17)7-5-2-3-6(4-5)8(7)10(18)19/h2-3,5-8H,4H2,1H3,(H,18,19)(H,12,14,17). The van der Waals surface area contributed by atoms with Crippen LogP contribution in [-0.4, -0.2) is 37.2 Å².